The predicted octanol–water partition coefficient (Wildman–Crippen LogP) is 5.02. The van der Waals surface area contributed by atoms with E-state index in [1.54, 1.807) is 0 Å². The zero-order chi connectivity index (χ0) is 18.7. The summed E-state index contributed by atoms with van der Waals surface area (Å²) in [6, 6.07) is 21.5. The monoisotopic (exact) mass is 362 g/mol. The van der Waals surface area contributed by atoms with Crippen LogP contribution in [0.4, 0.5) is 0 Å². The van der Waals surface area contributed by atoms with E-state index in [0.717, 1.165) is 19.0 Å². The van der Waals surface area contributed by atoms with Gasteiger partial charge in [-0.2, -0.15) is 0 Å². The van der Waals surface area contributed by atoms with E-state index in [2.05, 4.69) is 83.9 Å². The highest BCUT2D eigenvalue weighted by Crippen LogP contribution is 2.20. The minimum atomic E-state index is 0.824. The van der Waals surface area contributed by atoms with Crippen LogP contribution in [0.1, 0.15) is 37.3 Å². The van der Waals surface area contributed by atoms with Gasteiger partial charge in [-0.15, -0.1) is 0 Å². The Balaban J connectivity index is 1.31. The smallest absolute Gasteiger partial charge is 0.0165 e. The van der Waals surface area contributed by atoms with Crippen molar-refractivity contribution < 1.29 is 0 Å². The Hall–Kier alpha value is -1.90. The molecule has 0 aromatic heterocycles. The second-order valence-corrected chi connectivity index (χ2v) is 7.93. The standard InChI is InChI=1S/C25H34N2/c1-22(18-23-10-4-2-5-11-23)20-26-15-9-17-27-16-8-14-25(21-27)19-24-12-6-3-7-13-24/h2-7,10-13,18,25-26H,8-9,14-17,19-21H2,1H3. The summed E-state index contributed by atoms with van der Waals surface area (Å²) in [4.78, 5) is 2.67. The van der Waals surface area contributed by atoms with Crippen LogP contribution in [0, 0.1) is 5.92 Å². The Labute approximate surface area is 165 Å². The number of nitrogens with zero attached hydrogens (tertiary/aromatic N) is 1. The molecular formula is C25H34N2. The molecule has 27 heavy (non-hydrogen) atoms. The van der Waals surface area contributed by atoms with E-state index >= 15 is 0 Å². The molecular weight excluding hydrogens is 328 g/mol. The first-order chi connectivity index (χ1) is 13.3. The Morgan fingerprint density at radius 3 is 2.59 bits per heavy atom. The van der Waals surface area contributed by atoms with Crippen LogP contribution in [0.15, 0.2) is 66.2 Å². The van der Waals surface area contributed by atoms with Gasteiger partial charge in [0.05, 0.1) is 0 Å². The Morgan fingerprint density at radius 1 is 1.07 bits per heavy atom. The fourth-order valence-electron chi connectivity index (χ4n) is 4.07. The molecule has 0 bridgehead atoms. The van der Waals surface area contributed by atoms with E-state index in [1.165, 1.54) is 62.0 Å². The van der Waals surface area contributed by atoms with Gasteiger partial charge in [-0.05, 0) is 69.3 Å². The largest absolute Gasteiger partial charge is 0.313 e. The number of nitrogens with one attached hydrogen (secondary N) is 1. The molecule has 1 atom stereocenters. The Kier molecular flexibility index (Phi) is 8.13. The molecule has 0 radical (unpaired) electrons. The second-order valence-electron chi connectivity index (χ2n) is 7.93. The van der Waals surface area contributed by atoms with Gasteiger partial charge in [0.25, 0.3) is 0 Å². The SMILES string of the molecule is CC(=Cc1ccccc1)CNCCCN1CCCC(Cc2ccccc2)C1. The summed E-state index contributed by atoms with van der Waals surface area (Å²) in [6.45, 7) is 8.05. The van der Waals surface area contributed by atoms with Crippen LogP contribution in [-0.4, -0.2) is 37.6 Å². The minimum Gasteiger partial charge on any atom is -0.313 e. The predicted molar refractivity (Wildman–Crippen MR) is 117 cm³/mol. The van der Waals surface area contributed by atoms with Crippen molar-refractivity contribution in [2.45, 2.75) is 32.6 Å². The summed E-state index contributed by atoms with van der Waals surface area (Å²) in [7, 11) is 0. The van der Waals surface area contributed by atoms with Crippen LogP contribution in [0.5, 0.6) is 0 Å². The fourth-order valence-corrected chi connectivity index (χ4v) is 4.07. The number of likely N-dealkylation sites (tertiary alicyclic amines) is 1. The molecule has 1 heterocycles. The van der Waals surface area contributed by atoms with Crippen molar-refractivity contribution in [2.24, 2.45) is 5.92 Å². The molecule has 2 heteroatoms. The van der Waals surface area contributed by atoms with E-state index < -0.39 is 0 Å². The molecule has 0 amide bonds. The third kappa shape index (κ3) is 7.32. The molecule has 2 aromatic carbocycles. The molecule has 3 rings (SSSR count). The maximum Gasteiger partial charge on any atom is 0.0165 e. The van der Waals surface area contributed by atoms with Crippen LogP contribution >= 0.6 is 0 Å². The first kappa shape index (κ1) is 19.9. The van der Waals surface area contributed by atoms with E-state index in [1.807, 2.05) is 0 Å². The molecule has 0 spiro atoms. The van der Waals surface area contributed by atoms with Crippen molar-refractivity contribution >= 4 is 6.08 Å². The number of hydrogen-bond acceptors (Lipinski definition) is 2. The molecule has 2 aromatic rings. The second kappa shape index (κ2) is 11.1. The number of rotatable bonds is 9. The van der Waals surface area contributed by atoms with Gasteiger partial charge in [-0.1, -0.05) is 72.3 Å². The van der Waals surface area contributed by atoms with Gasteiger partial charge in [-0.3, -0.25) is 0 Å². The highest BCUT2D eigenvalue weighted by Gasteiger charge is 2.19. The van der Waals surface area contributed by atoms with Crippen molar-refractivity contribution in [3.8, 4) is 0 Å². The van der Waals surface area contributed by atoms with Crippen molar-refractivity contribution in [2.75, 3.05) is 32.7 Å². The molecule has 144 valence electrons. The van der Waals surface area contributed by atoms with Crippen molar-refractivity contribution in [1.82, 2.24) is 10.2 Å². The van der Waals surface area contributed by atoms with Gasteiger partial charge in [0.2, 0.25) is 0 Å². The summed E-state index contributed by atoms with van der Waals surface area (Å²) in [5.41, 5.74) is 4.17. The topological polar surface area (TPSA) is 15.3 Å². The lowest BCUT2D eigenvalue weighted by Gasteiger charge is -2.32. The Morgan fingerprint density at radius 2 is 1.81 bits per heavy atom. The quantitative estimate of drug-likeness (QED) is 0.630. The summed E-state index contributed by atoms with van der Waals surface area (Å²) >= 11 is 0. The van der Waals surface area contributed by atoms with Crippen LogP contribution in [0.3, 0.4) is 0 Å². The van der Waals surface area contributed by atoms with Crippen LogP contribution < -0.4 is 5.32 Å². The summed E-state index contributed by atoms with van der Waals surface area (Å²) < 4.78 is 0. The molecule has 1 unspecified atom stereocenters. The normalized spacial score (nSPS) is 18.6. The average Bonchev–Trinajstić information content (AvgIpc) is 2.70. The number of hydrogen-bond donors (Lipinski definition) is 1. The molecule has 1 aliphatic rings. The highest BCUT2D eigenvalue weighted by molar-refractivity contribution is 5.52. The zero-order valence-electron chi connectivity index (χ0n) is 16.7. The van der Waals surface area contributed by atoms with Crippen molar-refractivity contribution in [3.05, 3.63) is 77.4 Å². The molecule has 0 aliphatic carbocycles. The number of piperidine rings is 1. The Bertz CT molecular complexity index is 678. The molecule has 1 N–H and O–H groups in total. The van der Waals surface area contributed by atoms with E-state index in [9.17, 15) is 0 Å². The van der Waals surface area contributed by atoms with Crippen molar-refractivity contribution in [3.63, 3.8) is 0 Å². The van der Waals surface area contributed by atoms with Crippen LogP contribution in [0.2, 0.25) is 0 Å². The maximum absolute atomic E-state index is 3.60. The van der Waals surface area contributed by atoms with E-state index in [-0.39, 0.29) is 0 Å². The maximum atomic E-state index is 3.60. The molecule has 1 aliphatic heterocycles. The first-order valence-electron chi connectivity index (χ1n) is 10.5. The van der Waals surface area contributed by atoms with Gasteiger partial charge >= 0.3 is 0 Å². The van der Waals surface area contributed by atoms with Gasteiger partial charge in [0.1, 0.15) is 0 Å². The molecule has 1 saturated heterocycles. The fraction of sp³-hybridized carbons (Fsp3) is 0.440. The van der Waals surface area contributed by atoms with E-state index in [0.29, 0.717) is 0 Å². The third-order valence-electron chi connectivity index (χ3n) is 5.41. The zero-order valence-corrected chi connectivity index (χ0v) is 16.7. The first-order valence-corrected chi connectivity index (χ1v) is 10.5. The van der Waals surface area contributed by atoms with Crippen molar-refractivity contribution in [1.29, 1.82) is 0 Å². The van der Waals surface area contributed by atoms with Gasteiger partial charge in [0.15, 0.2) is 0 Å². The summed E-state index contributed by atoms with van der Waals surface area (Å²) in [6.07, 6.45) is 7.47. The minimum absolute atomic E-state index is 0.824. The van der Waals surface area contributed by atoms with Gasteiger partial charge < -0.3 is 10.2 Å². The van der Waals surface area contributed by atoms with Crippen LogP contribution in [0.25, 0.3) is 6.08 Å². The molecule has 1 fully saturated rings. The van der Waals surface area contributed by atoms with Crippen LogP contribution in [-0.2, 0) is 6.42 Å². The number of benzene rings is 2. The lowest BCUT2D eigenvalue weighted by Crippen LogP contribution is -2.37. The summed E-state index contributed by atoms with van der Waals surface area (Å²) in [5, 5.41) is 3.60. The van der Waals surface area contributed by atoms with Gasteiger partial charge in [-0.25, -0.2) is 0 Å². The average molecular weight is 363 g/mol. The lowest BCUT2D eigenvalue weighted by molar-refractivity contribution is 0.172. The molecule has 2 nitrogen and oxygen atoms in total. The summed E-state index contributed by atoms with van der Waals surface area (Å²) in [5.74, 6) is 0.824. The van der Waals surface area contributed by atoms with E-state index in [4.69, 9.17) is 0 Å². The third-order valence-corrected chi connectivity index (χ3v) is 5.41. The molecule has 0 saturated carbocycles. The lowest BCUT2D eigenvalue weighted by atomic mass is 9.91. The van der Waals surface area contributed by atoms with Gasteiger partial charge in [0, 0.05) is 13.1 Å². The highest BCUT2D eigenvalue weighted by atomic mass is 15.1.